The van der Waals surface area contributed by atoms with E-state index in [0.717, 1.165) is 73.0 Å². The zero-order chi connectivity index (χ0) is 51.2. The van der Waals surface area contributed by atoms with Crippen LogP contribution in [0.1, 0.15) is 121 Å². The van der Waals surface area contributed by atoms with Crippen LogP contribution in [0.4, 0.5) is 11.4 Å². The molecule has 1 atom stereocenters. The van der Waals surface area contributed by atoms with E-state index in [-0.39, 0.29) is 23.2 Å². The quantitative estimate of drug-likeness (QED) is 0.0561. The molecule has 1 saturated heterocycles. The summed E-state index contributed by atoms with van der Waals surface area (Å²) >= 11 is 0. The van der Waals surface area contributed by atoms with Gasteiger partial charge in [0.15, 0.2) is 11.4 Å². The largest absolute Gasteiger partial charge is 0.472 e. The van der Waals surface area contributed by atoms with Crippen molar-refractivity contribution in [3.63, 3.8) is 0 Å². The summed E-state index contributed by atoms with van der Waals surface area (Å²) in [5.41, 5.74) is 5.05. The Morgan fingerprint density at radius 1 is 0.703 bits per heavy atom. The fourth-order valence-electron chi connectivity index (χ4n) is 12.1. The monoisotopic (exact) mass is 995 g/mol. The summed E-state index contributed by atoms with van der Waals surface area (Å²) in [6, 6.07) is 38.9. The summed E-state index contributed by atoms with van der Waals surface area (Å²) < 4.78 is 30.9. The van der Waals surface area contributed by atoms with Crippen LogP contribution in [0.3, 0.4) is 0 Å². The number of methoxy groups -OCH3 is 1. The second-order valence-electron chi connectivity index (χ2n) is 21.0. The molecule has 0 aromatic heterocycles. The Labute approximate surface area is 436 Å². The third-order valence-electron chi connectivity index (χ3n) is 16.3. The van der Waals surface area contributed by atoms with Gasteiger partial charge < -0.3 is 33.5 Å². The van der Waals surface area contributed by atoms with Crippen molar-refractivity contribution in [3.05, 3.63) is 155 Å². The molecule has 6 aromatic rings. The highest BCUT2D eigenvalue weighted by atomic mass is 16.5. The van der Waals surface area contributed by atoms with E-state index in [9.17, 15) is 14.4 Å². The van der Waals surface area contributed by atoms with Crippen molar-refractivity contribution < 1.29 is 38.1 Å². The Bertz CT molecular complexity index is 2970. The number of unbranched alkanes of at least 4 members (excludes halogenated alkanes) is 2. The summed E-state index contributed by atoms with van der Waals surface area (Å²) in [6.07, 6.45) is 18.4. The number of anilines is 2. The van der Waals surface area contributed by atoms with Crippen LogP contribution in [-0.2, 0) is 19.9 Å². The van der Waals surface area contributed by atoms with Gasteiger partial charge in [-0.1, -0.05) is 118 Å². The van der Waals surface area contributed by atoms with Crippen molar-refractivity contribution in [3.8, 4) is 28.4 Å². The van der Waals surface area contributed by atoms with E-state index in [1.165, 1.54) is 58.5 Å². The molecule has 2 saturated carbocycles. The molecular formula is C64H70N2O8. The van der Waals surface area contributed by atoms with Crippen LogP contribution >= 0.6 is 0 Å². The molecule has 0 radical (unpaired) electrons. The van der Waals surface area contributed by atoms with Crippen LogP contribution in [0.2, 0.25) is 0 Å². The van der Waals surface area contributed by atoms with Crippen LogP contribution in [-0.4, -0.2) is 65.4 Å². The number of fused-ring (bicyclic) bond motifs is 3. The first kappa shape index (κ1) is 50.6. The third kappa shape index (κ3) is 10.7. The summed E-state index contributed by atoms with van der Waals surface area (Å²) in [7, 11) is 5.14. The van der Waals surface area contributed by atoms with Crippen molar-refractivity contribution in [2.24, 2.45) is 23.7 Å². The SMILES string of the molecule is CCCCCC1CCC(C2CCC(C(=O)Oc3ccc(-c4ccccc4)c(C(=O)Oc4cc5cc(C(=O)OC)c6c(c5cc4N(C)C)OC(c4ccccc4)(c4ccc(N5CCOCC5)cc4)C=C6)c3)CC2)CC1. The fraction of sp³-hybridized carbons (Fsp3) is 0.391. The molecule has 384 valence electrons. The number of nitrogens with zero attached hydrogens (tertiary/aromatic N) is 2. The number of morpholine rings is 1. The number of rotatable bonds is 15. The molecule has 2 heterocycles. The molecule has 0 spiro atoms. The van der Waals surface area contributed by atoms with Gasteiger partial charge in [-0.25, -0.2) is 9.59 Å². The first-order valence-electron chi connectivity index (χ1n) is 27.0. The van der Waals surface area contributed by atoms with Gasteiger partial charge in [-0.3, -0.25) is 4.79 Å². The summed E-state index contributed by atoms with van der Waals surface area (Å²) in [6.45, 7) is 5.28. The molecule has 6 aromatic carbocycles. The summed E-state index contributed by atoms with van der Waals surface area (Å²) in [5.74, 6) is 1.81. The smallest absolute Gasteiger partial charge is 0.344 e. The van der Waals surface area contributed by atoms with Gasteiger partial charge in [0.1, 0.15) is 11.5 Å². The van der Waals surface area contributed by atoms with Crippen molar-refractivity contribution in [1.82, 2.24) is 0 Å². The van der Waals surface area contributed by atoms with E-state index in [0.29, 0.717) is 63.8 Å². The van der Waals surface area contributed by atoms with Gasteiger partial charge in [-0.15, -0.1) is 0 Å². The van der Waals surface area contributed by atoms with Gasteiger partial charge in [0.05, 0.1) is 43.1 Å². The highest BCUT2D eigenvalue weighted by molar-refractivity contribution is 6.06. The van der Waals surface area contributed by atoms with Crippen LogP contribution < -0.4 is 24.0 Å². The standard InChI is InChI=1S/C64H70N2O8/c1-5-6-9-14-43-19-21-44(22-20-43)45-23-25-47(26-24-45)61(67)72-52-31-32-53(46-15-10-7-11-16-46)57(41-52)63(69)73-59-40-48-39-56(62(68)70-4)54-33-34-64(49-17-12-8-13-18-49,74-60(54)55(48)42-58(59)65(2)3)50-27-29-51(30-28-50)66-35-37-71-38-36-66/h7-8,10-13,15-18,27-34,39-45,47H,5-6,9,14,19-26,35-38H2,1-4H3. The lowest BCUT2D eigenvalue weighted by Crippen LogP contribution is -2.37. The van der Waals surface area contributed by atoms with E-state index < -0.39 is 17.5 Å². The highest BCUT2D eigenvalue weighted by Gasteiger charge is 2.40. The number of hydrogen-bond donors (Lipinski definition) is 0. The lowest BCUT2D eigenvalue weighted by Gasteiger charge is -2.37. The third-order valence-corrected chi connectivity index (χ3v) is 16.3. The molecule has 0 bridgehead atoms. The number of carbonyl (C=O) groups is 3. The number of carbonyl (C=O) groups excluding carboxylic acids is 3. The number of ether oxygens (including phenoxy) is 5. The Kier molecular flexibility index (Phi) is 15.5. The highest BCUT2D eigenvalue weighted by Crippen LogP contribution is 2.49. The fourth-order valence-corrected chi connectivity index (χ4v) is 12.1. The first-order valence-corrected chi connectivity index (χ1v) is 27.0. The molecule has 3 fully saturated rings. The molecule has 4 aliphatic rings. The van der Waals surface area contributed by atoms with Gasteiger partial charge >= 0.3 is 17.9 Å². The van der Waals surface area contributed by atoms with Crippen molar-refractivity contribution in [2.45, 2.75) is 89.6 Å². The van der Waals surface area contributed by atoms with Gasteiger partial charge in [-0.2, -0.15) is 0 Å². The van der Waals surface area contributed by atoms with E-state index in [1.807, 2.05) is 104 Å². The molecule has 10 rings (SSSR count). The molecule has 1 unspecified atom stereocenters. The van der Waals surface area contributed by atoms with Crippen LogP contribution in [0.15, 0.2) is 127 Å². The molecule has 10 heteroatoms. The predicted octanol–water partition coefficient (Wildman–Crippen LogP) is 13.9. The lowest BCUT2D eigenvalue weighted by atomic mass is 9.68. The van der Waals surface area contributed by atoms with Gasteiger partial charge in [0.25, 0.3) is 0 Å². The zero-order valence-electron chi connectivity index (χ0n) is 43.5. The molecular weight excluding hydrogens is 925 g/mol. The second-order valence-corrected chi connectivity index (χ2v) is 21.0. The minimum atomic E-state index is -1.07. The van der Waals surface area contributed by atoms with Crippen LogP contribution in [0, 0.1) is 23.7 Å². The molecule has 2 aliphatic carbocycles. The average molecular weight is 995 g/mol. The normalized spacial score (nSPS) is 21.5. The molecule has 0 N–H and O–H groups in total. The van der Waals surface area contributed by atoms with Gasteiger partial charge in [0.2, 0.25) is 0 Å². The Hall–Kier alpha value is -6.91. The maximum atomic E-state index is 14.8. The Balaban J connectivity index is 0.939. The van der Waals surface area contributed by atoms with E-state index in [4.69, 9.17) is 23.7 Å². The minimum absolute atomic E-state index is 0.181. The maximum absolute atomic E-state index is 14.8. The number of hydrogen-bond acceptors (Lipinski definition) is 10. The average Bonchev–Trinajstić information content (AvgIpc) is 3.45. The lowest BCUT2D eigenvalue weighted by molar-refractivity contribution is -0.140. The van der Waals surface area contributed by atoms with E-state index in [1.54, 1.807) is 24.3 Å². The summed E-state index contributed by atoms with van der Waals surface area (Å²) in [5, 5.41) is 1.32. The van der Waals surface area contributed by atoms with Gasteiger partial charge in [-0.05, 0) is 133 Å². The van der Waals surface area contributed by atoms with Gasteiger partial charge in [0, 0.05) is 54.9 Å². The van der Waals surface area contributed by atoms with E-state index >= 15 is 0 Å². The van der Waals surface area contributed by atoms with Crippen molar-refractivity contribution >= 4 is 46.1 Å². The van der Waals surface area contributed by atoms with Crippen molar-refractivity contribution in [1.29, 1.82) is 0 Å². The van der Waals surface area contributed by atoms with Crippen LogP contribution in [0.5, 0.6) is 17.2 Å². The molecule has 0 amide bonds. The molecule has 2 aliphatic heterocycles. The number of benzene rings is 6. The van der Waals surface area contributed by atoms with Crippen LogP contribution in [0.25, 0.3) is 28.0 Å². The first-order chi connectivity index (χ1) is 36.1. The maximum Gasteiger partial charge on any atom is 0.344 e. The Morgan fingerprint density at radius 2 is 1.38 bits per heavy atom. The second kappa shape index (κ2) is 22.7. The zero-order valence-corrected chi connectivity index (χ0v) is 43.5. The minimum Gasteiger partial charge on any atom is -0.472 e. The number of esters is 3. The Morgan fingerprint density at radius 3 is 2.05 bits per heavy atom. The van der Waals surface area contributed by atoms with Crippen molar-refractivity contribution in [2.75, 3.05) is 57.3 Å². The topological polar surface area (TPSA) is 104 Å². The predicted molar refractivity (Wildman–Crippen MR) is 293 cm³/mol. The summed E-state index contributed by atoms with van der Waals surface area (Å²) in [4.78, 5) is 46.6. The molecule has 74 heavy (non-hydrogen) atoms. The molecule has 10 nitrogen and oxygen atoms in total. The van der Waals surface area contributed by atoms with E-state index in [2.05, 4.69) is 36.1 Å².